The average molecular weight is 487 g/mol. The van der Waals surface area contributed by atoms with Crippen molar-refractivity contribution < 1.29 is 13.7 Å². The zero-order chi connectivity index (χ0) is 24.5. The summed E-state index contributed by atoms with van der Waals surface area (Å²) in [6, 6.07) is 8.99. The fourth-order valence-electron chi connectivity index (χ4n) is 3.96. The second-order valence-electron chi connectivity index (χ2n) is 8.79. The van der Waals surface area contributed by atoms with Gasteiger partial charge in [0.2, 0.25) is 11.2 Å². The van der Waals surface area contributed by atoms with Crippen LogP contribution in [-0.4, -0.2) is 54.6 Å². The van der Waals surface area contributed by atoms with E-state index in [-0.39, 0.29) is 5.84 Å². The lowest BCUT2D eigenvalue weighted by Gasteiger charge is -2.33. The topological polar surface area (TPSA) is 122 Å². The Balaban J connectivity index is 0.000000481. The highest BCUT2D eigenvalue weighted by Gasteiger charge is 2.24. The van der Waals surface area contributed by atoms with Crippen LogP contribution >= 0.6 is 0 Å². The van der Waals surface area contributed by atoms with Gasteiger partial charge in [0.1, 0.15) is 23.7 Å². The SMILES string of the molecule is CNCC(C)C.NC1=NS(=O)Nc2cccc(OCC3CCCN(c4cc(C=O)ccn4)C3)c21. The third kappa shape index (κ3) is 7.01. The Morgan fingerprint density at radius 3 is 2.91 bits per heavy atom. The fraction of sp³-hybridized carbons (Fsp3) is 0.458. The van der Waals surface area contributed by atoms with Crippen LogP contribution in [-0.2, 0) is 11.2 Å². The summed E-state index contributed by atoms with van der Waals surface area (Å²) in [4.78, 5) is 17.6. The third-order valence-electron chi connectivity index (χ3n) is 5.50. The molecule has 1 fully saturated rings. The molecule has 2 aliphatic rings. The van der Waals surface area contributed by atoms with Crippen LogP contribution in [0, 0.1) is 11.8 Å². The molecule has 1 aromatic heterocycles. The van der Waals surface area contributed by atoms with Crippen LogP contribution in [0.15, 0.2) is 40.9 Å². The number of nitrogens with one attached hydrogen (secondary N) is 2. The van der Waals surface area contributed by atoms with Gasteiger partial charge >= 0.3 is 0 Å². The lowest BCUT2D eigenvalue weighted by molar-refractivity contribution is 0.112. The van der Waals surface area contributed by atoms with Gasteiger partial charge in [-0.05, 0) is 56.6 Å². The molecule has 0 amide bonds. The first-order chi connectivity index (χ1) is 16.4. The number of carbonyl (C=O) groups is 1. The maximum absolute atomic E-state index is 11.6. The number of pyridine rings is 1. The maximum Gasteiger partial charge on any atom is 0.245 e. The molecule has 1 aromatic carbocycles. The van der Waals surface area contributed by atoms with Crippen molar-refractivity contribution in [3.05, 3.63) is 47.7 Å². The molecule has 184 valence electrons. The van der Waals surface area contributed by atoms with E-state index in [1.165, 1.54) is 0 Å². The molecule has 34 heavy (non-hydrogen) atoms. The van der Waals surface area contributed by atoms with Crippen LogP contribution in [0.3, 0.4) is 0 Å². The summed E-state index contributed by atoms with van der Waals surface area (Å²) in [7, 11) is 1.97. The molecule has 2 unspecified atom stereocenters. The molecule has 1 saturated heterocycles. The molecule has 4 rings (SSSR count). The van der Waals surface area contributed by atoms with Gasteiger partial charge in [-0.25, -0.2) is 9.19 Å². The van der Waals surface area contributed by atoms with Gasteiger partial charge in [-0.1, -0.05) is 19.9 Å². The van der Waals surface area contributed by atoms with Crippen molar-refractivity contribution in [2.75, 3.05) is 42.9 Å². The number of rotatable bonds is 7. The molecule has 0 aliphatic carbocycles. The van der Waals surface area contributed by atoms with Crippen LogP contribution in [0.2, 0.25) is 0 Å². The number of nitrogens with two attached hydrogens (primary N) is 1. The van der Waals surface area contributed by atoms with Crippen LogP contribution in [0.4, 0.5) is 11.5 Å². The summed E-state index contributed by atoms with van der Waals surface area (Å²) < 4.78 is 24.4. The Morgan fingerprint density at radius 2 is 2.21 bits per heavy atom. The number of ether oxygens (including phenoxy) is 1. The standard InChI is InChI=1S/C19H21N5O3S.C5H13N/c20-19-18-15(22-28(26)23-19)4-1-5-16(18)27-12-14-3-2-8-24(10-14)17-9-13(11-25)6-7-21-17;1-5(2)4-6-3/h1,4-7,9,11,14,22H,2-3,8,10,12H2,(H2,20,23);5-6H,4H2,1-3H3. The van der Waals surface area contributed by atoms with Gasteiger partial charge < -0.3 is 20.7 Å². The number of hydrogen-bond acceptors (Lipinski definition) is 7. The zero-order valence-electron chi connectivity index (χ0n) is 20.0. The monoisotopic (exact) mass is 486 g/mol. The summed E-state index contributed by atoms with van der Waals surface area (Å²) in [5.74, 6) is 2.75. The second kappa shape index (κ2) is 12.5. The number of carbonyl (C=O) groups excluding carboxylic acids is 1. The van der Waals surface area contributed by atoms with Crippen molar-refractivity contribution >= 4 is 34.8 Å². The molecule has 2 atom stereocenters. The first-order valence-electron chi connectivity index (χ1n) is 11.5. The number of aldehydes is 1. The lowest BCUT2D eigenvalue weighted by atomic mass is 9.99. The Kier molecular flexibility index (Phi) is 9.41. The quantitative estimate of drug-likeness (QED) is 0.515. The van der Waals surface area contributed by atoms with Crippen molar-refractivity contribution in [3.8, 4) is 5.75 Å². The molecule has 0 saturated carbocycles. The smallest absolute Gasteiger partial charge is 0.245 e. The summed E-state index contributed by atoms with van der Waals surface area (Å²) in [5.41, 5.74) is 7.89. The molecule has 0 radical (unpaired) electrons. The van der Waals surface area contributed by atoms with E-state index >= 15 is 0 Å². The highest BCUT2D eigenvalue weighted by molar-refractivity contribution is 7.85. The molecular weight excluding hydrogens is 452 g/mol. The molecule has 0 bridgehead atoms. The highest BCUT2D eigenvalue weighted by atomic mass is 32.2. The Hall–Kier alpha value is -2.98. The van der Waals surface area contributed by atoms with E-state index in [2.05, 4.69) is 38.2 Å². The minimum absolute atomic E-state index is 0.211. The number of fused-ring (bicyclic) bond motifs is 1. The van der Waals surface area contributed by atoms with Gasteiger partial charge in [-0.15, -0.1) is 0 Å². The molecule has 0 spiro atoms. The minimum atomic E-state index is -1.56. The van der Waals surface area contributed by atoms with Crippen LogP contribution in [0.1, 0.15) is 42.6 Å². The highest BCUT2D eigenvalue weighted by Crippen LogP contribution is 2.30. The van der Waals surface area contributed by atoms with Gasteiger partial charge in [0.05, 0.1) is 17.9 Å². The summed E-state index contributed by atoms with van der Waals surface area (Å²) in [6.07, 6.45) is 4.57. The van der Waals surface area contributed by atoms with Gasteiger partial charge in [-0.3, -0.25) is 9.52 Å². The van der Waals surface area contributed by atoms with Gasteiger partial charge in [0, 0.05) is 30.8 Å². The van der Waals surface area contributed by atoms with Gasteiger partial charge in [-0.2, -0.15) is 4.40 Å². The van der Waals surface area contributed by atoms with E-state index in [9.17, 15) is 9.00 Å². The third-order valence-corrected chi connectivity index (χ3v) is 6.25. The Bertz CT molecular complexity index is 1030. The number of hydrogen-bond donors (Lipinski definition) is 3. The predicted molar refractivity (Wildman–Crippen MR) is 138 cm³/mol. The number of amidine groups is 1. The average Bonchev–Trinajstić information content (AvgIpc) is 2.83. The van der Waals surface area contributed by atoms with Crippen LogP contribution < -0.4 is 25.4 Å². The second-order valence-corrected chi connectivity index (χ2v) is 9.67. The van der Waals surface area contributed by atoms with Crippen LogP contribution in [0.25, 0.3) is 0 Å². The predicted octanol–water partition coefficient (Wildman–Crippen LogP) is 2.76. The first-order valence-corrected chi connectivity index (χ1v) is 12.6. The number of anilines is 2. The Labute approximate surface area is 203 Å². The minimum Gasteiger partial charge on any atom is -0.492 e. The van der Waals surface area contributed by atoms with Crippen molar-refractivity contribution in [1.29, 1.82) is 0 Å². The number of nitrogens with zero attached hydrogens (tertiary/aromatic N) is 3. The van der Waals surface area contributed by atoms with E-state index in [4.69, 9.17) is 10.5 Å². The zero-order valence-corrected chi connectivity index (χ0v) is 20.8. The summed E-state index contributed by atoms with van der Waals surface area (Å²) >= 11 is -1.56. The molecule has 2 aromatic rings. The number of aromatic nitrogens is 1. The van der Waals surface area contributed by atoms with Crippen molar-refractivity contribution in [2.45, 2.75) is 26.7 Å². The molecular formula is C24H34N6O3S. The molecule has 9 nitrogen and oxygen atoms in total. The summed E-state index contributed by atoms with van der Waals surface area (Å²) in [6.45, 7) is 7.74. The van der Waals surface area contributed by atoms with E-state index in [0.29, 0.717) is 35.1 Å². The van der Waals surface area contributed by atoms with E-state index in [1.54, 1.807) is 18.3 Å². The first kappa shape index (κ1) is 25.6. The summed E-state index contributed by atoms with van der Waals surface area (Å²) in [5, 5.41) is 3.07. The van der Waals surface area contributed by atoms with E-state index in [1.807, 2.05) is 25.2 Å². The number of benzene rings is 1. The number of piperidine rings is 1. The maximum atomic E-state index is 11.6. The van der Waals surface area contributed by atoms with Gasteiger partial charge in [0.15, 0.2) is 0 Å². The molecule has 2 aliphatic heterocycles. The van der Waals surface area contributed by atoms with E-state index < -0.39 is 11.2 Å². The molecule has 3 heterocycles. The van der Waals surface area contributed by atoms with Crippen LogP contribution in [0.5, 0.6) is 5.75 Å². The van der Waals surface area contributed by atoms with E-state index in [0.717, 1.165) is 50.5 Å². The largest absolute Gasteiger partial charge is 0.492 e. The lowest BCUT2D eigenvalue weighted by Crippen LogP contribution is -2.38. The normalized spacial score (nSPS) is 19.3. The Morgan fingerprint density at radius 1 is 1.38 bits per heavy atom. The molecule has 4 N–H and O–H groups in total. The van der Waals surface area contributed by atoms with Crippen molar-refractivity contribution in [3.63, 3.8) is 0 Å². The van der Waals surface area contributed by atoms with Gasteiger partial charge in [0.25, 0.3) is 0 Å². The fourth-order valence-corrected chi connectivity index (χ4v) is 4.63. The molecule has 10 heteroatoms. The van der Waals surface area contributed by atoms with Crippen molar-refractivity contribution in [1.82, 2.24) is 10.3 Å². The van der Waals surface area contributed by atoms with Crippen molar-refractivity contribution in [2.24, 2.45) is 22.0 Å².